The van der Waals surface area contributed by atoms with Crippen molar-refractivity contribution in [2.24, 2.45) is 0 Å². The number of nitrogens with one attached hydrogen (secondary N) is 1. The second kappa shape index (κ2) is 3.66. The zero-order valence-corrected chi connectivity index (χ0v) is 6.94. The number of carbonyl (C=O) groups is 1. The molecular weight excluding hydrogens is 204 g/mol. The van der Waals surface area contributed by atoms with E-state index in [2.05, 4.69) is 4.98 Å². The minimum Gasteiger partial charge on any atom is -0.357 e. The molecule has 1 aromatic rings. The maximum Gasteiger partial charge on any atom is 0.269 e. The third-order valence-corrected chi connectivity index (χ3v) is 1.72. The molecule has 0 aliphatic rings. The molecule has 0 atom stereocenters. The van der Waals surface area contributed by atoms with Gasteiger partial charge in [-0.25, -0.2) is 8.78 Å². The van der Waals surface area contributed by atoms with E-state index >= 15 is 0 Å². The Morgan fingerprint density at radius 1 is 1.54 bits per heavy atom. The fourth-order valence-corrected chi connectivity index (χ4v) is 1.01. The number of aromatic amines is 1. The highest BCUT2D eigenvalue weighted by Crippen LogP contribution is 2.18. The number of aldehydes is 1. The second-order valence-corrected chi connectivity index (χ2v) is 2.62. The van der Waals surface area contributed by atoms with Crippen molar-refractivity contribution in [1.82, 2.24) is 4.98 Å². The Bertz CT molecular complexity index is 389. The van der Waals surface area contributed by atoms with Crippen LogP contribution in [0.15, 0.2) is 11.0 Å². The largest absolute Gasteiger partial charge is 0.357 e. The van der Waals surface area contributed by atoms with Crippen molar-refractivity contribution in [2.45, 2.75) is 6.43 Å². The van der Waals surface area contributed by atoms with Crippen LogP contribution in [0.2, 0.25) is 5.02 Å². The molecule has 1 aromatic heterocycles. The summed E-state index contributed by atoms with van der Waals surface area (Å²) in [6, 6.07) is 0. The molecule has 0 aromatic carbocycles. The van der Waals surface area contributed by atoms with Crippen LogP contribution in [0, 0.1) is 0 Å². The molecule has 0 saturated carbocycles. The van der Waals surface area contributed by atoms with Gasteiger partial charge in [0.2, 0.25) is 5.43 Å². The first-order valence-corrected chi connectivity index (χ1v) is 3.60. The van der Waals surface area contributed by atoms with Crippen molar-refractivity contribution in [1.29, 1.82) is 0 Å². The first-order chi connectivity index (χ1) is 6.07. The van der Waals surface area contributed by atoms with Crippen LogP contribution in [0.4, 0.5) is 8.78 Å². The minimum absolute atomic E-state index is 0.152. The van der Waals surface area contributed by atoms with E-state index in [-0.39, 0.29) is 11.3 Å². The standard InChI is InChI=1S/C7H4ClF2NO2/c8-3-1-11-4(2-12)5(6(3)13)7(9)10/h1-2,7H,(H,11,13). The molecule has 0 bridgehead atoms. The zero-order chi connectivity index (χ0) is 10.0. The monoisotopic (exact) mass is 207 g/mol. The fourth-order valence-electron chi connectivity index (χ4n) is 0.850. The molecule has 0 aliphatic carbocycles. The van der Waals surface area contributed by atoms with Crippen molar-refractivity contribution in [3.8, 4) is 0 Å². The van der Waals surface area contributed by atoms with Crippen LogP contribution in [-0.4, -0.2) is 11.3 Å². The molecular formula is C7H4ClF2NO2. The van der Waals surface area contributed by atoms with Gasteiger partial charge in [-0.2, -0.15) is 0 Å². The molecule has 1 heterocycles. The average molecular weight is 208 g/mol. The average Bonchev–Trinajstić information content (AvgIpc) is 2.08. The summed E-state index contributed by atoms with van der Waals surface area (Å²) in [5.41, 5.74) is -2.34. The normalized spacial score (nSPS) is 10.5. The van der Waals surface area contributed by atoms with E-state index in [1.807, 2.05) is 0 Å². The third-order valence-electron chi connectivity index (χ3n) is 1.44. The number of rotatable bonds is 2. The maximum absolute atomic E-state index is 12.2. The van der Waals surface area contributed by atoms with E-state index in [4.69, 9.17) is 11.6 Å². The Morgan fingerprint density at radius 2 is 2.15 bits per heavy atom. The minimum atomic E-state index is -3.01. The molecule has 6 heteroatoms. The van der Waals surface area contributed by atoms with Crippen molar-refractivity contribution in [2.75, 3.05) is 0 Å². The molecule has 0 amide bonds. The summed E-state index contributed by atoms with van der Waals surface area (Å²) in [6.07, 6.45) is -1.86. The van der Waals surface area contributed by atoms with E-state index in [1.165, 1.54) is 0 Å². The van der Waals surface area contributed by atoms with Gasteiger partial charge in [0.15, 0.2) is 6.29 Å². The number of alkyl halides is 2. The van der Waals surface area contributed by atoms with Crippen LogP contribution in [0.5, 0.6) is 0 Å². The molecule has 0 fully saturated rings. The highest BCUT2D eigenvalue weighted by molar-refractivity contribution is 6.30. The van der Waals surface area contributed by atoms with Gasteiger partial charge in [0.25, 0.3) is 6.43 Å². The maximum atomic E-state index is 12.2. The van der Waals surface area contributed by atoms with Crippen molar-refractivity contribution >= 4 is 17.9 Å². The molecule has 3 nitrogen and oxygen atoms in total. The predicted octanol–water partition coefficient (Wildman–Crippen LogP) is 1.78. The summed E-state index contributed by atoms with van der Waals surface area (Å²) in [4.78, 5) is 23.4. The Morgan fingerprint density at radius 3 is 2.62 bits per heavy atom. The molecule has 13 heavy (non-hydrogen) atoms. The van der Waals surface area contributed by atoms with Crippen LogP contribution in [0.1, 0.15) is 22.5 Å². The lowest BCUT2D eigenvalue weighted by Gasteiger charge is -2.01. The van der Waals surface area contributed by atoms with E-state index in [0.717, 1.165) is 6.20 Å². The molecule has 70 valence electrons. The van der Waals surface area contributed by atoms with Gasteiger partial charge in [-0.1, -0.05) is 11.6 Å². The van der Waals surface area contributed by atoms with Crippen LogP contribution < -0.4 is 5.43 Å². The molecule has 1 rings (SSSR count). The van der Waals surface area contributed by atoms with E-state index in [9.17, 15) is 18.4 Å². The molecule has 0 saturated heterocycles. The Balaban J connectivity index is 3.50. The number of pyridine rings is 1. The van der Waals surface area contributed by atoms with Crippen LogP contribution >= 0.6 is 11.6 Å². The zero-order valence-electron chi connectivity index (χ0n) is 6.18. The molecule has 0 radical (unpaired) electrons. The lowest BCUT2D eigenvalue weighted by atomic mass is 10.2. The molecule has 0 aliphatic heterocycles. The van der Waals surface area contributed by atoms with E-state index in [1.54, 1.807) is 0 Å². The van der Waals surface area contributed by atoms with Gasteiger partial charge in [0.1, 0.15) is 5.02 Å². The van der Waals surface area contributed by atoms with Gasteiger partial charge in [0.05, 0.1) is 11.3 Å². The Kier molecular flexibility index (Phi) is 2.77. The van der Waals surface area contributed by atoms with Gasteiger partial charge >= 0.3 is 0 Å². The van der Waals surface area contributed by atoms with Gasteiger partial charge in [-0.3, -0.25) is 9.59 Å². The number of hydrogen-bond acceptors (Lipinski definition) is 2. The lowest BCUT2D eigenvalue weighted by molar-refractivity contribution is 0.110. The predicted molar refractivity (Wildman–Crippen MR) is 42.4 cm³/mol. The van der Waals surface area contributed by atoms with E-state index < -0.39 is 23.1 Å². The quantitative estimate of drug-likeness (QED) is 0.752. The Hall–Kier alpha value is -1.23. The second-order valence-electron chi connectivity index (χ2n) is 2.21. The highest BCUT2D eigenvalue weighted by Gasteiger charge is 2.18. The fraction of sp³-hybridized carbons (Fsp3) is 0.143. The summed E-state index contributed by atoms with van der Waals surface area (Å²) < 4.78 is 24.4. The number of carbonyl (C=O) groups excluding carboxylic acids is 1. The van der Waals surface area contributed by atoms with Crippen molar-refractivity contribution in [3.05, 3.63) is 32.7 Å². The summed E-state index contributed by atoms with van der Waals surface area (Å²) in [5, 5.41) is -0.360. The van der Waals surface area contributed by atoms with Gasteiger partial charge in [-0.15, -0.1) is 0 Å². The van der Waals surface area contributed by atoms with Gasteiger partial charge < -0.3 is 4.98 Å². The van der Waals surface area contributed by atoms with Crippen molar-refractivity contribution in [3.63, 3.8) is 0 Å². The smallest absolute Gasteiger partial charge is 0.269 e. The number of aromatic nitrogens is 1. The SMILES string of the molecule is O=Cc1[nH]cc(Cl)c(=O)c1C(F)F. The summed E-state index contributed by atoms with van der Waals surface area (Å²) in [7, 11) is 0. The number of halogens is 3. The molecule has 0 spiro atoms. The summed E-state index contributed by atoms with van der Waals surface area (Å²) >= 11 is 5.29. The first-order valence-electron chi connectivity index (χ1n) is 3.22. The third kappa shape index (κ3) is 1.75. The Labute approximate surface area is 76.3 Å². The van der Waals surface area contributed by atoms with E-state index in [0.29, 0.717) is 0 Å². The summed E-state index contributed by atoms with van der Waals surface area (Å²) in [5.74, 6) is 0. The number of H-pyrrole nitrogens is 1. The van der Waals surface area contributed by atoms with Crippen LogP contribution in [-0.2, 0) is 0 Å². The highest BCUT2D eigenvalue weighted by atomic mass is 35.5. The summed E-state index contributed by atoms with van der Waals surface area (Å²) in [6.45, 7) is 0. The molecule has 1 N–H and O–H groups in total. The molecule has 0 unspecified atom stereocenters. The van der Waals surface area contributed by atoms with Crippen LogP contribution in [0.25, 0.3) is 0 Å². The first kappa shape index (κ1) is 9.85. The van der Waals surface area contributed by atoms with Gasteiger partial charge in [0, 0.05) is 6.20 Å². The van der Waals surface area contributed by atoms with Crippen LogP contribution in [0.3, 0.4) is 0 Å². The number of hydrogen-bond donors (Lipinski definition) is 1. The topological polar surface area (TPSA) is 49.9 Å². The van der Waals surface area contributed by atoms with Gasteiger partial charge in [-0.05, 0) is 0 Å². The van der Waals surface area contributed by atoms with Crippen molar-refractivity contribution < 1.29 is 13.6 Å². The lowest BCUT2D eigenvalue weighted by Crippen LogP contribution is -2.14.